The Morgan fingerprint density at radius 2 is 0.742 bits per heavy atom. The number of anilines is 1. The molecule has 4 heteroatoms. The number of hydrogen-bond acceptors (Lipinski definition) is 2. The van der Waals surface area contributed by atoms with E-state index in [0.717, 1.165) is 6.54 Å². The van der Waals surface area contributed by atoms with Gasteiger partial charge in [-0.25, -0.2) is 0 Å². The maximum absolute atomic E-state index is 2.42. The summed E-state index contributed by atoms with van der Waals surface area (Å²) in [6.07, 6.45) is 1.26. The molecule has 0 bridgehead atoms. The Bertz CT molecular complexity index is 2150. The third kappa shape index (κ3) is 14.4. The van der Waals surface area contributed by atoms with Crippen molar-refractivity contribution < 1.29 is 0 Å². The van der Waals surface area contributed by atoms with Gasteiger partial charge in [0.05, 0.1) is 16.1 Å². The SMILES string of the molecule is CC1(C)CC(C)(C)c2ccccc21.CCN(C)C(C)c1c(C)c(C)c(C)c(C)c1C.CC[Si](C)(C)c1ccccc1.CC[Si](C)(C)c1ccccc1.Cc1c(C)c(C)c(N(C)C)c(C)c1C. The summed E-state index contributed by atoms with van der Waals surface area (Å²) in [5, 5.41) is 3.14. The number of benzene rings is 5. The van der Waals surface area contributed by atoms with E-state index in [1.807, 2.05) is 0 Å². The monoisotopic (exact) mass is 927 g/mol. The molecule has 1 aliphatic rings. The van der Waals surface area contributed by atoms with E-state index < -0.39 is 16.1 Å². The molecule has 66 heavy (non-hydrogen) atoms. The summed E-state index contributed by atoms with van der Waals surface area (Å²) >= 11 is 0. The number of rotatable bonds is 8. The third-order valence-corrected chi connectivity index (χ3v) is 23.5. The van der Waals surface area contributed by atoms with E-state index in [1.54, 1.807) is 21.5 Å². The lowest BCUT2D eigenvalue weighted by atomic mass is 9.82. The molecular formula is C62H98N2Si2. The van der Waals surface area contributed by atoms with Crippen molar-refractivity contribution in [2.75, 3.05) is 32.6 Å². The van der Waals surface area contributed by atoms with Gasteiger partial charge < -0.3 is 4.90 Å². The molecule has 1 unspecified atom stereocenters. The molecule has 0 saturated carbocycles. The van der Waals surface area contributed by atoms with E-state index in [9.17, 15) is 0 Å². The molecule has 1 aliphatic carbocycles. The van der Waals surface area contributed by atoms with Crippen molar-refractivity contribution in [1.29, 1.82) is 0 Å². The van der Waals surface area contributed by atoms with Crippen molar-refractivity contribution in [3.05, 3.63) is 157 Å². The lowest BCUT2D eigenvalue weighted by Gasteiger charge is -2.29. The topological polar surface area (TPSA) is 6.48 Å². The fourth-order valence-corrected chi connectivity index (χ4v) is 13.0. The van der Waals surface area contributed by atoms with Crippen LogP contribution < -0.4 is 15.3 Å². The lowest BCUT2D eigenvalue weighted by molar-refractivity contribution is 0.274. The molecule has 5 aromatic carbocycles. The highest BCUT2D eigenvalue weighted by Crippen LogP contribution is 2.48. The Hall–Kier alpha value is -3.71. The van der Waals surface area contributed by atoms with Crippen LogP contribution >= 0.6 is 0 Å². The molecular weight excluding hydrogens is 829 g/mol. The predicted molar refractivity (Wildman–Crippen MR) is 306 cm³/mol. The van der Waals surface area contributed by atoms with Gasteiger partial charge in [-0.3, -0.25) is 4.90 Å². The minimum atomic E-state index is -1.05. The summed E-state index contributed by atoms with van der Waals surface area (Å²) in [5.41, 5.74) is 21.1. The van der Waals surface area contributed by atoms with Crippen LogP contribution in [0.25, 0.3) is 0 Å². The van der Waals surface area contributed by atoms with Crippen molar-refractivity contribution in [2.24, 2.45) is 0 Å². The largest absolute Gasteiger partial charge is 0.377 e. The summed E-state index contributed by atoms with van der Waals surface area (Å²) in [6.45, 7) is 51.6. The van der Waals surface area contributed by atoms with Crippen LogP contribution in [0.1, 0.15) is 140 Å². The van der Waals surface area contributed by atoms with Crippen molar-refractivity contribution in [2.45, 2.75) is 186 Å². The minimum Gasteiger partial charge on any atom is -0.377 e. The Labute approximate surface area is 411 Å². The average molecular weight is 928 g/mol. The molecule has 2 nitrogen and oxygen atoms in total. The number of nitrogens with zero attached hydrogens (tertiary/aromatic N) is 2. The van der Waals surface area contributed by atoms with Gasteiger partial charge in [-0.05, 0) is 179 Å². The molecule has 0 amide bonds. The Balaban J connectivity index is 0.000000286. The van der Waals surface area contributed by atoms with E-state index in [4.69, 9.17) is 0 Å². The summed E-state index contributed by atoms with van der Waals surface area (Å²) in [4.78, 5) is 4.62. The molecule has 0 N–H and O–H groups in total. The summed E-state index contributed by atoms with van der Waals surface area (Å²) < 4.78 is 0. The molecule has 0 saturated heterocycles. The minimum absolute atomic E-state index is 0.361. The van der Waals surface area contributed by atoms with Gasteiger partial charge in [0, 0.05) is 25.8 Å². The zero-order chi connectivity index (χ0) is 50.7. The van der Waals surface area contributed by atoms with E-state index in [-0.39, 0.29) is 0 Å². The summed E-state index contributed by atoms with van der Waals surface area (Å²) in [6, 6.07) is 33.8. The van der Waals surface area contributed by atoms with Gasteiger partial charge in [0.15, 0.2) is 0 Å². The second kappa shape index (κ2) is 24.5. The molecule has 0 aromatic heterocycles. The second-order valence-electron chi connectivity index (χ2n) is 22.4. The van der Waals surface area contributed by atoms with E-state index in [0.29, 0.717) is 16.9 Å². The van der Waals surface area contributed by atoms with Crippen molar-refractivity contribution in [3.8, 4) is 0 Å². The highest BCUT2D eigenvalue weighted by Gasteiger charge is 2.41. The highest BCUT2D eigenvalue weighted by atomic mass is 28.3. The fraction of sp³-hybridized carbons (Fsp3) is 0.516. The fourth-order valence-electron chi connectivity index (χ4n) is 9.95. The first-order valence-electron chi connectivity index (χ1n) is 25.2. The van der Waals surface area contributed by atoms with Crippen LogP contribution in [-0.2, 0) is 10.8 Å². The standard InChI is InChI=1S/C16H27N.C13H21N.C13H18.2C10H16Si/c1-9-17(8)15(7)16-13(5)11(3)10(2)12(4)14(16)6;1-8-9(2)11(4)13(14(6)7)12(5)10(8)3;1-12(2)9-13(3,4)11-8-6-5-7-10(11)12;2*1-4-11(2,3)10-8-6-5-7-9-10/h15H,9H2,1-8H3;1-7H3;5-8H,9H2,1-4H3;2*5-9H,4H2,1-3H3. The maximum Gasteiger partial charge on any atom is 0.0803 e. The molecule has 5 aromatic rings. The van der Waals surface area contributed by atoms with E-state index in [1.165, 1.54) is 85.4 Å². The second-order valence-corrected chi connectivity index (χ2v) is 32.5. The Morgan fingerprint density at radius 3 is 1.03 bits per heavy atom. The first-order valence-corrected chi connectivity index (χ1v) is 31.6. The Morgan fingerprint density at radius 1 is 0.455 bits per heavy atom. The lowest BCUT2D eigenvalue weighted by Crippen LogP contribution is -2.39. The van der Waals surface area contributed by atoms with Gasteiger partial charge in [-0.15, -0.1) is 0 Å². The number of hydrogen-bond donors (Lipinski definition) is 0. The molecule has 0 radical (unpaired) electrons. The maximum atomic E-state index is 2.42. The third-order valence-electron chi connectivity index (χ3n) is 16.2. The first-order chi connectivity index (χ1) is 30.5. The molecule has 364 valence electrons. The summed E-state index contributed by atoms with van der Waals surface area (Å²) in [7, 11) is 4.32. The van der Waals surface area contributed by atoms with Crippen LogP contribution in [0.3, 0.4) is 0 Å². The van der Waals surface area contributed by atoms with Crippen LogP contribution in [-0.4, -0.2) is 48.7 Å². The van der Waals surface area contributed by atoms with Crippen LogP contribution in [0.15, 0.2) is 84.9 Å². The summed E-state index contributed by atoms with van der Waals surface area (Å²) in [5.74, 6) is 0. The quantitative estimate of drug-likeness (QED) is 0.143. The smallest absolute Gasteiger partial charge is 0.0803 e. The van der Waals surface area contributed by atoms with Gasteiger partial charge in [0.1, 0.15) is 0 Å². The van der Waals surface area contributed by atoms with Crippen molar-refractivity contribution in [3.63, 3.8) is 0 Å². The van der Waals surface area contributed by atoms with Gasteiger partial charge in [0.2, 0.25) is 0 Å². The van der Waals surface area contributed by atoms with E-state index in [2.05, 4.69) is 267 Å². The van der Waals surface area contributed by atoms with E-state index >= 15 is 0 Å². The number of fused-ring (bicyclic) bond motifs is 1. The highest BCUT2D eigenvalue weighted by molar-refractivity contribution is 6.90. The molecule has 0 heterocycles. The van der Waals surface area contributed by atoms with Gasteiger partial charge in [-0.2, -0.15) is 0 Å². The molecule has 0 fully saturated rings. The van der Waals surface area contributed by atoms with Crippen LogP contribution in [0, 0.1) is 69.2 Å². The molecule has 1 atom stereocenters. The van der Waals surface area contributed by atoms with Gasteiger partial charge in [0.25, 0.3) is 0 Å². The van der Waals surface area contributed by atoms with Crippen molar-refractivity contribution >= 4 is 32.2 Å². The van der Waals surface area contributed by atoms with Gasteiger partial charge in [-0.1, -0.05) is 182 Å². The molecule has 0 spiro atoms. The predicted octanol–water partition coefficient (Wildman–Crippen LogP) is 16.4. The zero-order valence-electron chi connectivity index (χ0n) is 47.4. The van der Waals surface area contributed by atoms with Crippen LogP contribution in [0.5, 0.6) is 0 Å². The van der Waals surface area contributed by atoms with Crippen molar-refractivity contribution in [1.82, 2.24) is 4.90 Å². The molecule has 0 aliphatic heterocycles. The van der Waals surface area contributed by atoms with Crippen LogP contribution in [0.4, 0.5) is 5.69 Å². The molecule has 6 rings (SSSR count). The first kappa shape index (κ1) is 58.4. The Kier molecular flexibility index (Phi) is 21.7. The van der Waals surface area contributed by atoms with Gasteiger partial charge >= 0.3 is 0 Å². The normalized spacial score (nSPS) is 14.0. The zero-order valence-corrected chi connectivity index (χ0v) is 49.4. The van der Waals surface area contributed by atoms with Crippen LogP contribution in [0.2, 0.25) is 38.3 Å². The average Bonchev–Trinajstić information content (AvgIpc) is 3.49.